The number of rotatable bonds is 5. The smallest absolute Gasteiger partial charge is 0.229 e. The second-order valence-corrected chi connectivity index (χ2v) is 4.37. The number of halogens is 1. The molecule has 0 atom stereocenters. The van der Waals surface area contributed by atoms with Crippen LogP contribution in [0.3, 0.4) is 0 Å². The number of hydrogen-bond donors (Lipinski definition) is 0. The minimum Gasteiger partial charge on any atom is -0.341 e. The minimum atomic E-state index is 0.232. The Morgan fingerprint density at radius 3 is 2.58 bits per heavy atom. The molecular formula is C13H16ClN5. The van der Waals surface area contributed by atoms with Crippen molar-refractivity contribution in [3.63, 3.8) is 0 Å². The van der Waals surface area contributed by atoms with Crippen LogP contribution in [0.1, 0.15) is 25.2 Å². The van der Waals surface area contributed by atoms with Crippen LogP contribution >= 0.6 is 11.6 Å². The van der Waals surface area contributed by atoms with E-state index >= 15 is 0 Å². The van der Waals surface area contributed by atoms with Gasteiger partial charge in [-0.05, 0) is 37.1 Å². The zero-order chi connectivity index (χ0) is 13.7. The Labute approximate surface area is 117 Å². The Bertz CT molecular complexity index is 528. The summed E-state index contributed by atoms with van der Waals surface area (Å²) in [4.78, 5) is 18.9. The quantitative estimate of drug-likeness (QED) is 0.840. The van der Waals surface area contributed by atoms with E-state index in [0.717, 1.165) is 18.7 Å². The SMILES string of the molecule is CCN(CC)c1nc(Cl)nc(Cc2cccnc2)n1. The Hall–Kier alpha value is -1.75. The highest BCUT2D eigenvalue weighted by molar-refractivity contribution is 6.28. The molecule has 19 heavy (non-hydrogen) atoms. The third kappa shape index (κ3) is 3.61. The Morgan fingerprint density at radius 1 is 1.16 bits per heavy atom. The number of aromatic nitrogens is 4. The molecular weight excluding hydrogens is 262 g/mol. The van der Waals surface area contributed by atoms with E-state index in [1.54, 1.807) is 12.4 Å². The van der Waals surface area contributed by atoms with Gasteiger partial charge in [0.2, 0.25) is 11.2 Å². The van der Waals surface area contributed by atoms with Gasteiger partial charge in [0.15, 0.2) is 0 Å². The van der Waals surface area contributed by atoms with E-state index in [9.17, 15) is 0 Å². The normalized spacial score (nSPS) is 10.5. The van der Waals surface area contributed by atoms with Crippen LogP contribution in [0.25, 0.3) is 0 Å². The predicted octanol–water partition coefficient (Wildman–Crippen LogP) is 2.36. The number of hydrogen-bond acceptors (Lipinski definition) is 5. The molecule has 0 fully saturated rings. The average molecular weight is 278 g/mol. The van der Waals surface area contributed by atoms with Crippen molar-refractivity contribution in [2.45, 2.75) is 20.3 Å². The first-order chi connectivity index (χ1) is 9.22. The van der Waals surface area contributed by atoms with Crippen molar-refractivity contribution in [2.24, 2.45) is 0 Å². The van der Waals surface area contributed by atoms with E-state index in [2.05, 4.69) is 33.8 Å². The summed E-state index contributed by atoms with van der Waals surface area (Å²) in [6.07, 6.45) is 4.14. The molecule has 2 aromatic rings. The van der Waals surface area contributed by atoms with Crippen molar-refractivity contribution in [3.8, 4) is 0 Å². The molecule has 0 aliphatic rings. The first-order valence-electron chi connectivity index (χ1n) is 6.27. The Balaban J connectivity index is 2.26. The molecule has 0 bridgehead atoms. The van der Waals surface area contributed by atoms with Gasteiger partial charge >= 0.3 is 0 Å². The first kappa shape index (κ1) is 13.7. The van der Waals surface area contributed by atoms with Gasteiger partial charge in [-0.1, -0.05) is 6.07 Å². The lowest BCUT2D eigenvalue weighted by molar-refractivity contribution is 0.792. The Kier molecular flexibility index (Phi) is 4.63. The van der Waals surface area contributed by atoms with Gasteiger partial charge in [0.05, 0.1) is 0 Å². The van der Waals surface area contributed by atoms with Gasteiger partial charge in [-0.3, -0.25) is 4.98 Å². The van der Waals surface area contributed by atoms with Crippen LogP contribution in [-0.4, -0.2) is 33.0 Å². The highest BCUT2D eigenvalue weighted by Crippen LogP contribution is 2.13. The summed E-state index contributed by atoms with van der Waals surface area (Å²) < 4.78 is 0. The molecule has 0 aliphatic heterocycles. The minimum absolute atomic E-state index is 0.232. The van der Waals surface area contributed by atoms with Crippen molar-refractivity contribution in [2.75, 3.05) is 18.0 Å². The van der Waals surface area contributed by atoms with Crippen molar-refractivity contribution in [1.29, 1.82) is 0 Å². The molecule has 0 unspecified atom stereocenters. The summed E-state index contributed by atoms with van der Waals surface area (Å²) in [5.74, 6) is 1.29. The van der Waals surface area contributed by atoms with Gasteiger partial charge in [0.25, 0.3) is 0 Å². The molecule has 0 radical (unpaired) electrons. The predicted molar refractivity (Wildman–Crippen MR) is 75.4 cm³/mol. The standard InChI is InChI=1S/C13H16ClN5/c1-3-19(4-2)13-17-11(16-12(14)18-13)8-10-6-5-7-15-9-10/h5-7,9H,3-4,8H2,1-2H3. The lowest BCUT2D eigenvalue weighted by Crippen LogP contribution is -2.25. The van der Waals surface area contributed by atoms with Crippen LogP contribution in [0.4, 0.5) is 5.95 Å². The number of anilines is 1. The molecule has 2 heterocycles. The molecule has 2 aromatic heterocycles. The fourth-order valence-electron chi connectivity index (χ4n) is 1.79. The van der Waals surface area contributed by atoms with Gasteiger partial charge in [0.1, 0.15) is 5.82 Å². The van der Waals surface area contributed by atoms with E-state index in [-0.39, 0.29) is 5.28 Å². The second kappa shape index (κ2) is 6.43. The third-order valence-electron chi connectivity index (χ3n) is 2.77. The van der Waals surface area contributed by atoms with E-state index in [1.807, 2.05) is 17.0 Å². The van der Waals surface area contributed by atoms with Gasteiger partial charge in [-0.15, -0.1) is 0 Å². The molecule has 0 aromatic carbocycles. The summed E-state index contributed by atoms with van der Waals surface area (Å²) >= 11 is 5.97. The van der Waals surface area contributed by atoms with Gasteiger partial charge < -0.3 is 4.90 Å². The Morgan fingerprint density at radius 2 is 1.95 bits per heavy atom. The zero-order valence-electron chi connectivity index (χ0n) is 11.0. The van der Waals surface area contributed by atoms with Crippen LogP contribution in [0, 0.1) is 0 Å². The van der Waals surface area contributed by atoms with Gasteiger partial charge in [-0.25, -0.2) is 4.98 Å². The third-order valence-corrected chi connectivity index (χ3v) is 2.94. The van der Waals surface area contributed by atoms with E-state index in [0.29, 0.717) is 18.2 Å². The van der Waals surface area contributed by atoms with Crippen molar-refractivity contribution in [1.82, 2.24) is 19.9 Å². The fourth-order valence-corrected chi connectivity index (χ4v) is 1.96. The van der Waals surface area contributed by atoms with E-state index in [1.165, 1.54) is 0 Å². The first-order valence-corrected chi connectivity index (χ1v) is 6.65. The summed E-state index contributed by atoms with van der Waals surface area (Å²) in [7, 11) is 0. The van der Waals surface area contributed by atoms with E-state index in [4.69, 9.17) is 11.6 Å². The molecule has 0 spiro atoms. The maximum Gasteiger partial charge on any atom is 0.229 e. The summed E-state index contributed by atoms with van der Waals surface area (Å²) in [6.45, 7) is 5.79. The lowest BCUT2D eigenvalue weighted by atomic mass is 10.2. The topological polar surface area (TPSA) is 54.8 Å². The molecule has 6 heteroatoms. The van der Waals surface area contributed by atoms with Crippen LogP contribution in [0.2, 0.25) is 5.28 Å². The summed E-state index contributed by atoms with van der Waals surface area (Å²) in [5.41, 5.74) is 1.05. The highest BCUT2D eigenvalue weighted by atomic mass is 35.5. The molecule has 0 saturated heterocycles. The fraction of sp³-hybridized carbons (Fsp3) is 0.385. The largest absolute Gasteiger partial charge is 0.341 e. The average Bonchev–Trinajstić information content (AvgIpc) is 2.40. The highest BCUT2D eigenvalue weighted by Gasteiger charge is 2.10. The number of pyridine rings is 1. The monoisotopic (exact) mass is 277 g/mol. The van der Waals surface area contributed by atoms with Crippen LogP contribution in [0.5, 0.6) is 0 Å². The maximum atomic E-state index is 5.97. The molecule has 2 rings (SSSR count). The lowest BCUT2D eigenvalue weighted by Gasteiger charge is -2.18. The van der Waals surface area contributed by atoms with Gasteiger partial charge in [-0.2, -0.15) is 9.97 Å². The van der Waals surface area contributed by atoms with Crippen molar-refractivity contribution in [3.05, 3.63) is 41.2 Å². The maximum absolute atomic E-state index is 5.97. The molecule has 0 N–H and O–H groups in total. The summed E-state index contributed by atoms with van der Waals surface area (Å²) in [6, 6.07) is 3.88. The molecule has 0 saturated carbocycles. The summed E-state index contributed by atoms with van der Waals surface area (Å²) in [5, 5.41) is 0.232. The van der Waals surface area contributed by atoms with Gasteiger partial charge in [0, 0.05) is 31.9 Å². The second-order valence-electron chi connectivity index (χ2n) is 4.03. The molecule has 0 amide bonds. The molecule has 0 aliphatic carbocycles. The number of nitrogens with zero attached hydrogens (tertiary/aromatic N) is 5. The van der Waals surface area contributed by atoms with Crippen LogP contribution in [-0.2, 0) is 6.42 Å². The molecule has 5 nitrogen and oxygen atoms in total. The van der Waals surface area contributed by atoms with Crippen molar-refractivity contribution < 1.29 is 0 Å². The molecule has 100 valence electrons. The zero-order valence-corrected chi connectivity index (χ0v) is 11.8. The van der Waals surface area contributed by atoms with Crippen molar-refractivity contribution >= 4 is 17.5 Å². The van der Waals surface area contributed by atoms with E-state index < -0.39 is 0 Å². The van der Waals surface area contributed by atoms with Crippen LogP contribution in [0.15, 0.2) is 24.5 Å². The van der Waals surface area contributed by atoms with Crippen LogP contribution < -0.4 is 4.90 Å².